The lowest BCUT2D eigenvalue weighted by Crippen LogP contribution is -2.57. The van der Waals surface area contributed by atoms with E-state index in [0.29, 0.717) is 12.5 Å². The summed E-state index contributed by atoms with van der Waals surface area (Å²) in [6.07, 6.45) is 11.8. The van der Waals surface area contributed by atoms with Crippen LogP contribution < -0.4 is 11.1 Å². The number of carbonyl (C=O) groups excluding carboxylic acids is 1. The number of hydrogen-bond acceptors (Lipinski definition) is 2. The second-order valence-corrected chi connectivity index (χ2v) is 6.86. The summed E-state index contributed by atoms with van der Waals surface area (Å²) < 4.78 is 0. The molecule has 0 bridgehead atoms. The predicted molar refractivity (Wildman–Crippen MR) is 78.8 cm³/mol. The van der Waals surface area contributed by atoms with Crippen molar-refractivity contribution in [2.24, 2.45) is 17.6 Å². The molecule has 2 unspecified atom stereocenters. The second kappa shape index (κ2) is 6.74. The minimum Gasteiger partial charge on any atom is -0.349 e. The number of hydrogen-bond donors (Lipinski definition) is 2. The molecule has 0 aliphatic heterocycles. The van der Waals surface area contributed by atoms with Gasteiger partial charge in [-0.25, -0.2) is 0 Å². The highest BCUT2D eigenvalue weighted by Crippen LogP contribution is 2.32. The van der Waals surface area contributed by atoms with Crippen LogP contribution in [0.2, 0.25) is 0 Å². The first kappa shape index (κ1) is 14.8. The molecule has 19 heavy (non-hydrogen) atoms. The Hall–Kier alpha value is -0.570. The molecule has 2 saturated carbocycles. The molecule has 0 radical (unpaired) electrons. The Bertz CT molecular complexity index is 297. The molecule has 2 rings (SSSR count). The Morgan fingerprint density at radius 2 is 1.84 bits per heavy atom. The van der Waals surface area contributed by atoms with Crippen LogP contribution in [0.4, 0.5) is 0 Å². The van der Waals surface area contributed by atoms with E-state index in [2.05, 4.69) is 12.2 Å². The summed E-state index contributed by atoms with van der Waals surface area (Å²) in [5.41, 5.74) is 5.88. The zero-order valence-electron chi connectivity index (χ0n) is 12.4. The van der Waals surface area contributed by atoms with E-state index in [-0.39, 0.29) is 17.4 Å². The summed E-state index contributed by atoms with van der Waals surface area (Å²) in [7, 11) is 0. The number of nitrogens with one attached hydrogen (secondary N) is 1. The van der Waals surface area contributed by atoms with Crippen LogP contribution in [-0.2, 0) is 4.79 Å². The van der Waals surface area contributed by atoms with Crippen molar-refractivity contribution in [1.29, 1.82) is 0 Å². The Morgan fingerprint density at radius 1 is 1.16 bits per heavy atom. The maximum atomic E-state index is 12.5. The fourth-order valence-electron chi connectivity index (χ4n) is 3.91. The molecule has 0 spiro atoms. The number of nitrogens with two attached hydrogens (primary N) is 1. The first-order valence-corrected chi connectivity index (χ1v) is 8.17. The molecule has 2 aliphatic carbocycles. The zero-order valence-corrected chi connectivity index (χ0v) is 12.4. The summed E-state index contributed by atoms with van der Waals surface area (Å²) in [5.74, 6) is 1.20. The van der Waals surface area contributed by atoms with Gasteiger partial charge in [0.15, 0.2) is 0 Å². The van der Waals surface area contributed by atoms with Crippen molar-refractivity contribution in [3.05, 3.63) is 0 Å². The van der Waals surface area contributed by atoms with Gasteiger partial charge in [0, 0.05) is 12.5 Å². The van der Waals surface area contributed by atoms with E-state index in [9.17, 15) is 4.79 Å². The molecule has 2 atom stereocenters. The Morgan fingerprint density at radius 3 is 2.42 bits per heavy atom. The molecule has 1 amide bonds. The van der Waals surface area contributed by atoms with Gasteiger partial charge in [-0.2, -0.15) is 0 Å². The fourth-order valence-corrected chi connectivity index (χ4v) is 3.91. The van der Waals surface area contributed by atoms with Gasteiger partial charge in [0.2, 0.25) is 5.91 Å². The molecule has 110 valence electrons. The molecule has 0 aromatic carbocycles. The molecule has 2 fully saturated rings. The highest BCUT2D eigenvalue weighted by atomic mass is 16.2. The predicted octanol–water partition coefficient (Wildman–Crippen LogP) is 2.98. The smallest absolute Gasteiger partial charge is 0.223 e. The van der Waals surface area contributed by atoms with Gasteiger partial charge in [-0.05, 0) is 31.6 Å². The molecule has 0 aromatic rings. The fraction of sp³-hybridized carbons (Fsp3) is 0.938. The molecule has 3 nitrogen and oxygen atoms in total. The third-order valence-electron chi connectivity index (χ3n) is 5.10. The van der Waals surface area contributed by atoms with Gasteiger partial charge in [-0.3, -0.25) is 4.79 Å². The van der Waals surface area contributed by atoms with E-state index in [0.717, 1.165) is 25.7 Å². The van der Waals surface area contributed by atoms with Crippen molar-refractivity contribution in [1.82, 2.24) is 5.32 Å². The summed E-state index contributed by atoms with van der Waals surface area (Å²) in [6.45, 7) is 2.87. The summed E-state index contributed by atoms with van der Waals surface area (Å²) in [4.78, 5) is 12.5. The lowest BCUT2D eigenvalue weighted by Gasteiger charge is -2.40. The second-order valence-electron chi connectivity index (χ2n) is 6.86. The van der Waals surface area contributed by atoms with Crippen LogP contribution in [0.3, 0.4) is 0 Å². The minimum atomic E-state index is -0.110. The van der Waals surface area contributed by atoms with Gasteiger partial charge >= 0.3 is 0 Å². The summed E-state index contributed by atoms with van der Waals surface area (Å²) in [5, 5.41) is 3.35. The normalized spacial score (nSPS) is 33.7. The maximum absolute atomic E-state index is 12.5. The molecule has 3 N–H and O–H groups in total. The molecule has 0 aromatic heterocycles. The van der Waals surface area contributed by atoms with Crippen molar-refractivity contribution in [3.63, 3.8) is 0 Å². The van der Waals surface area contributed by atoms with Crippen molar-refractivity contribution >= 4 is 5.91 Å². The molecule has 0 saturated heterocycles. The van der Waals surface area contributed by atoms with Crippen molar-refractivity contribution in [3.8, 4) is 0 Å². The first-order valence-electron chi connectivity index (χ1n) is 8.17. The lowest BCUT2D eigenvalue weighted by atomic mass is 9.76. The first-order chi connectivity index (χ1) is 9.15. The number of amides is 1. The quantitative estimate of drug-likeness (QED) is 0.772. The largest absolute Gasteiger partial charge is 0.349 e. The number of carbonyl (C=O) groups is 1. The third-order valence-corrected chi connectivity index (χ3v) is 5.10. The highest BCUT2D eigenvalue weighted by molar-refractivity contribution is 5.79. The van der Waals surface area contributed by atoms with Crippen LogP contribution in [0.1, 0.15) is 71.1 Å². The number of rotatable bonds is 3. The lowest BCUT2D eigenvalue weighted by molar-refractivity contribution is -0.127. The third kappa shape index (κ3) is 3.95. The average Bonchev–Trinajstić information content (AvgIpc) is 2.67. The minimum absolute atomic E-state index is 0.110. The van der Waals surface area contributed by atoms with E-state index in [1.54, 1.807) is 0 Å². The zero-order chi connectivity index (χ0) is 13.7. The van der Waals surface area contributed by atoms with Crippen LogP contribution in [0.25, 0.3) is 0 Å². The molecule has 2 aliphatic rings. The Balaban J connectivity index is 1.94. The van der Waals surface area contributed by atoms with Crippen LogP contribution in [-0.4, -0.2) is 18.0 Å². The maximum Gasteiger partial charge on any atom is 0.223 e. The Kier molecular flexibility index (Phi) is 5.26. The van der Waals surface area contributed by atoms with Gasteiger partial charge in [0.25, 0.3) is 0 Å². The van der Waals surface area contributed by atoms with Gasteiger partial charge in [-0.1, -0.05) is 45.4 Å². The van der Waals surface area contributed by atoms with E-state index in [4.69, 9.17) is 5.73 Å². The Labute approximate surface area is 117 Å². The molecule has 0 heterocycles. The standard InChI is InChI=1S/C16H30N2O/c1-13-7-6-10-16(11-13,12-17)18-15(19)14-8-4-2-3-5-9-14/h13-14H,2-12,17H2,1H3,(H,18,19). The van der Waals surface area contributed by atoms with Gasteiger partial charge in [0.1, 0.15) is 0 Å². The van der Waals surface area contributed by atoms with Crippen LogP contribution >= 0.6 is 0 Å². The van der Waals surface area contributed by atoms with Crippen molar-refractivity contribution < 1.29 is 4.79 Å². The average molecular weight is 266 g/mol. The van der Waals surface area contributed by atoms with Crippen molar-refractivity contribution in [2.45, 2.75) is 76.7 Å². The monoisotopic (exact) mass is 266 g/mol. The van der Waals surface area contributed by atoms with Gasteiger partial charge in [0.05, 0.1) is 5.54 Å². The van der Waals surface area contributed by atoms with Crippen molar-refractivity contribution in [2.75, 3.05) is 6.54 Å². The van der Waals surface area contributed by atoms with E-state index < -0.39 is 0 Å². The van der Waals surface area contributed by atoms with Crippen LogP contribution in [0.5, 0.6) is 0 Å². The van der Waals surface area contributed by atoms with Crippen LogP contribution in [0.15, 0.2) is 0 Å². The highest BCUT2D eigenvalue weighted by Gasteiger charge is 2.36. The molecular weight excluding hydrogens is 236 g/mol. The topological polar surface area (TPSA) is 55.1 Å². The SMILES string of the molecule is CC1CCCC(CN)(NC(=O)C2CCCCCC2)C1. The van der Waals surface area contributed by atoms with Gasteiger partial charge < -0.3 is 11.1 Å². The molecule has 3 heteroatoms. The van der Waals surface area contributed by atoms with E-state index >= 15 is 0 Å². The summed E-state index contributed by atoms with van der Waals surface area (Å²) >= 11 is 0. The molecular formula is C16H30N2O. The summed E-state index contributed by atoms with van der Waals surface area (Å²) in [6, 6.07) is 0. The van der Waals surface area contributed by atoms with Crippen LogP contribution in [0, 0.1) is 11.8 Å². The van der Waals surface area contributed by atoms with E-state index in [1.165, 1.54) is 38.5 Å². The van der Waals surface area contributed by atoms with E-state index in [1.807, 2.05) is 0 Å². The van der Waals surface area contributed by atoms with Gasteiger partial charge in [-0.15, -0.1) is 0 Å².